The van der Waals surface area contributed by atoms with E-state index in [0.29, 0.717) is 6.54 Å². The summed E-state index contributed by atoms with van der Waals surface area (Å²) in [4.78, 5) is 11.6. The summed E-state index contributed by atoms with van der Waals surface area (Å²) in [5.41, 5.74) is 0.0580. The third-order valence-corrected chi connectivity index (χ3v) is 4.51. The molecule has 0 saturated heterocycles. The molecule has 8 heteroatoms. The molecule has 0 aromatic heterocycles. The maximum atomic E-state index is 12.2. The Morgan fingerprint density at radius 1 is 1.48 bits per heavy atom. The van der Waals surface area contributed by atoms with Crippen molar-refractivity contribution in [3.8, 4) is 6.07 Å². The molecule has 0 fully saturated rings. The predicted octanol–water partition coefficient (Wildman–Crippen LogP) is 1.40. The average molecular weight is 330 g/mol. The van der Waals surface area contributed by atoms with Gasteiger partial charge < -0.3 is 5.32 Å². The Morgan fingerprint density at radius 3 is 2.71 bits per heavy atom. The number of benzene rings is 1. The fourth-order valence-electron chi connectivity index (χ4n) is 1.51. The zero-order valence-electron chi connectivity index (χ0n) is 11.7. The highest BCUT2D eigenvalue weighted by Crippen LogP contribution is 2.19. The van der Waals surface area contributed by atoms with Crippen LogP contribution < -0.4 is 10.0 Å². The van der Waals surface area contributed by atoms with Crippen LogP contribution in [0.5, 0.6) is 0 Å². The minimum Gasteiger partial charge on any atom is -0.355 e. The summed E-state index contributed by atoms with van der Waals surface area (Å²) in [5.74, 6) is -0.408. The van der Waals surface area contributed by atoms with E-state index in [1.807, 2.05) is 13.0 Å². The Labute approximate surface area is 129 Å². The number of nitriles is 1. The number of carbonyl (C=O) groups excluding carboxylic acids is 1. The monoisotopic (exact) mass is 329 g/mol. The number of nitrogens with zero attached hydrogens (tertiary/aromatic N) is 1. The molecule has 1 amide bonds. The van der Waals surface area contributed by atoms with E-state index in [1.165, 1.54) is 25.1 Å². The highest BCUT2D eigenvalue weighted by atomic mass is 35.5. The molecule has 1 atom stereocenters. The lowest BCUT2D eigenvalue weighted by atomic mass is 10.2. The van der Waals surface area contributed by atoms with Gasteiger partial charge in [0.15, 0.2) is 0 Å². The van der Waals surface area contributed by atoms with Gasteiger partial charge in [-0.3, -0.25) is 4.79 Å². The SMILES string of the molecule is CCCNC(=O)C(C)NS(=O)(=O)c1ccc(Cl)c(C#N)c1. The molecule has 0 aliphatic rings. The molecule has 21 heavy (non-hydrogen) atoms. The van der Waals surface area contributed by atoms with Gasteiger partial charge in [-0.05, 0) is 31.5 Å². The molecule has 0 spiro atoms. The number of carbonyl (C=O) groups is 1. The van der Waals surface area contributed by atoms with Crippen LogP contribution in [0.25, 0.3) is 0 Å². The van der Waals surface area contributed by atoms with Crippen molar-refractivity contribution in [1.29, 1.82) is 5.26 Å². The second-order valence-electron chi connectivity index (χ2n) is 4.39. The third-order valence-electron chi connectivity index (χ3n) is 2.64. The van der Waals surface area contributed by atoms with Crippen molar-refractivity contribution >= 4 is 27.5 Å². The minimum atomic E-state index is -3.90. The van der Waals surface area contributed by atoms with E-state index in [0.717, 1.165) is 6.42 Å². The number of hydrogen-bond donors (Lipinski definition) is 2. The third kappa shape index (κ3) is 4.70. The summed E-state index contributed by atoms with van der Waals surface area (Å²) in [6.07, 6.45) is 0.758. The number of nitrogens with one attached hydrogen (secondary N) is 2. The molecule has 0 radical (unpaired) electrons. The van der Waals surface area contributed by atoms with Gasteiger partial charge in [-0.2, -0.15) is 9.98 Å². The van der Waals surface area contributed by atoms with Gasteiger partial charge in [0.05, 0.1) is 21.5 Å². The predicted molar refractivity (Wildman–Crippen MR) is 79.3 cm³/mol. The van der Waals surface area contributed by atoms with Gasteiger partial charge in [-0.15, -0.1) is 0 Å². The van der Waals surface area contributed by atoms with Crippen molar-refractivity contribution in [3.63, 3.8) is 0 Å². The van der Waals surface area contributed by atoms with Crippen molar-refractivity contribution in [1.82, 2.24) is 10.0 Å². The van der Waals surface area contributed by atoms with Gasteiger partial charge in [0.1, 0.15) is 6.07 Å². The normalized spacial score (nSPS) is 12.5. The summed E-state index contributed by atoms with van der Waals surface area (Å²) in [5, 5.41) is 11.6. The molecule has 1 rings (SSSR count). The molecular weight excluding hydrogens is 314 g/mol. The standard InChI is InChI=1S/C13H16ClN3O3S/c1-3-6-16-13(18)9(2)17-21(19,20)11-4-5-12(14)10(7-11)8-15/h4-5,7,9,17H,3,6H2,1-2H3,(H,16,18). The van der Waals surface area contributed by atoms with Crippen LogP contribution in [0, 0.1) is 11.3 Å². The number of halogens is 1. The fraction of sp³-hybridized carbons (Fsp3) is 0.385. The van der Waals surface area contributed by atoms with Crippen LogP contribution in [-0.4, -0.2) is 26.9 Å². The molecule has 0 bridgehead atoms. The first-order chi connectivity index (χ1) is 9.81. The second kappa shape index (κ2) is 7.41. The number of rotatable bonds is 6. The van der Waals surface area contributed by atoms with Gasteiger partial charge in [0.2, 0.25) is 15.9 Å². The van der Waals surface area contributed by atoms with Gasteiger partial charge in [0, 0.05) is 6.54 Å². The Bertz CT molecular complexity index is 668. The second-order valence-corrected chi connectivity index (χ2v) is 6.51. The first-order valence-corrected chi connectivity index (χ1v) is 8.17. The molecule has 1 aromatic rings. The Hall–Kier alpha value is -1.62. The highest BCUT2D eigenvalue weighted by molar-refractivity contribution is 7.89. The van der Waals surface area contributed by atoms with Gasteiger partial charge in [0.25, 0.3) is 0 Å². The first-order valence-electron chi connectivity index (χ1n) is 6.31. The maximum Gasteiger partial charge on any atom is 0.241 e. The Morgan fingerprint density at radius 2 is 2.14 bits per heavy atom. The topological polar surface area (TPSA) is 99.1 Å². The van der Waals surface area contributed by atoms with E-state index in [9.17, 15) is 13.2 Å². The molecule has 2 N–H and O–H groups in total. The smallest absolute Gasteiger partial charge is 0.241 e. The van der Waals surface area contributed by atoms with Crippen molar-refractivity contribution in [2.24, 2.45) is 0 Å². The molecule has 1 unspecified atom stereocenters. The van der Waals surface area contributed by atoms with Crippen LogP contribution in [0.15, 0.2) is 23.1 Å². The number of sulfonamides is 1. The molecule has 0 saturated carbocycles. The Balaban J connectivity index is 2.92. The maximum absolute atomic E-state index is 12.2. The van der Waals surface area contributed by atoms with E-state index >= 15 is 0 Å². The zero-order valence-corrected chi connectivity index (χ0v) is 13.3. The van der Waals surface area contributed by atoms with E-state index in [4.69, 9.17) is 16.9 Å². The molecule has 0 aliphatic heterocycles. The van der Waals surface area contributed by atoms with Crippen LogP contribution in [-0.2, 0) is 14.8 Å². The zero-order chi connectivity index (χ0) is 16.0. The fourth-order valence-corrected chi connectivity index (χ4v) is 2.90. The van der Waals surface area contributed by atoms with Crippen molar-refractivity contribution in [2.45, 2.75) is 31.2 Å². The summed E-state index contributed by atoms with van der Waals surface area (Å²) < 4.78 is 26.6. The number of amides is 1. The quantitative estimate of drug-likeness (QED) is 0.824. The summed E-state index contributed by atoms with van der Waals surface area (Å²) >= 11 is 5.76. The highest BCUT2D eigenvalue weighted by Gasteiger charge is 2.22. The van der Waals surface area contributed by atoms with E-state index < -0.39 is 22.0 Å². The molecular formula is C13H16ClN3O3S. The van der Waals surface area contributed by atoms with Crippen molar-refractivity contribution in [3.05, 3.63) is 28.8 Å². The minimum absolute atomic E-state index is 0.0580. The molecule has 1 aromatic carbocycles. The van der Waals surface area contributed by atoms with Crippen LogP contribution in [0.1, 0.15) is 25.8 Å². The van der Waals surface area contributed by atoms with Crippen LogP contribution in [0.4, 0.5) is 0 Å². The lowest BCUT2D eigenvalue weighted by Crippen LogP contribution is -2.44. The lowest BCUT2D eigenvalue weighted by Gasteiger charge is -2.14. The first kappa shape index (κ1) is 17.4. The number of hydrogen-bond acceptors (Lipinski definition) is 4. The summed E-state index contributed by atoms with van der Waals surface area (Å²) in [7, 11) is -3.90. The summed E-state index contributed by atoms with van der Waals surface area (Å²) in [6.45, 7) is 3.82. The van der Waals surface area contributed by atoms with E-state index in [2.05, 4.69) is 10.0 Å². The molecule has 114 valence electrons. The van der Waals surface area contributed by atoms with Gasteiger partial charge >= 0.3 is 0 Å². The largest absolute Gasteiger partial charge is 0.355 e. The molecule has 6 nitrogen and oxygen atoms in total. The molecule has 0 aliphatic carbocycles. The van der Waals surface area contributed by atoms with Crippen molar-refractivity contribution in [2.75, 3.05) is 6.54 Å². The van der Waals surface area contributed by atoms with Crippen LogP contribution in [0.2, 0.25) is 5.02 Å². The van der Waals surface area contributed by atoms with Crippen LogP contribution in [0.3, 0.4) is 0 Å². The lowest BCUT2D eigenvalue weighted by molar-refractivity contribution is -0.122. The summed E-state index contributed by atoms with van der Waals surface area (Å²) in [6, 6.07) is 4.67. The van der Waals surface area contributed by atoms with Gasteiger partial charge in [-0.25, -0.2) is 8.42 Å². The average Bonchev–Trinajstić information content (AvgIpc) is 2.44. The van der Waals surface area contributed by atoms with E-state index in [-0.39, 0.29) is 15.5 Å². The molecule has 0 heterocycles. The van der Waals surface area contributed by atoms with Crippen molar-refractivity contribution < 1.29 is 13.2 Å². The van der Waals surface area contributed by atoms with E-state index in [1.54, 1.807) is 0 Å². The van der Waals surface area contributed by atoms with Crippen LogP contribution >= 0.6 is 11.6 Å². The Kier molecular flexibility index (Phi) is 6.15. The van der Waals surface area contributed by atoms with Gasteiger partial charge in [-0.1, -0.05) is 18.5 Å².